The largest absolute Gasteiger partial charge is 0.480 e. The van der Waals surface area contributed by atoms with Crippen molar-refractivity contribution in [2.24, 2.45) is 0 Å². The van der Waals surface area contributed by atoms with Gasteiger partial charge >= 0.3 is 12.0 Å². The van der Waals surface area contributed by atoms with Gasteiger partial charge in [0, 0.05) is 19.5 Å². The second-order valence-corrected chi connectivity index (χ2v) is 5.51. The quantitative estimate of drug-likeness (QED) is 0.801. The number of para-hydroxylation sites is 1. The Morgan fingerprint density at radius 2 is 2.05 bits per heavy atom. The molecule has 2 heterocycles. The minimum atomic E-state index is -1.11. The minimum absolute atomic E-state index is 0.0874. The zero-order valence-electron chi connectivity index (χ0n) is 12.2. The van der Waals surface area contributed by atoms with Crippen LogP contribution in [0.1, 0.15) is 13.3 Å². The van der Waals surface area contributed by atoms with E-state index in [1.54, 1.807) is 37.3 Å². The number of aliphatic carboxylic acids is 1. The van der Waals surface area contributed by atoms with Gasteiger partial charge in [0.1, 0.15) is 11.6 Å². The molecule has 2 saturated heterocycles. The van der Waals surface area contributed by atoms with Gasteiger partial charge in [0.25, 0.3) is 5.91 Å². The number of carboxylic acid groups (broad SMARTS) is 1. The Bertz CT molecular complexity index is 633. The van der Waals surface area contributed by atoms with Gasteiger partial charge in [-0.2, -0.15) is 0 Å². The number of carbonyl (C=O) groups is 3. The third-order valence-corrected chi connectivity index (χ3v) is 4.35. The van der Waals surface area contributed by atoms with Crippen molar-refractivity contribution < 1.29 is 19.5 Å². The van der Waals surface area contributed by atoms with Gasteiger partial charge in [0.05, 0.1) is 5.69 Å². The van der Waals surface area contributed by atoms with Crippen LogP contribution in [0.2, 0.25) is 0 Å². The van der Waals surface area contributed by atoms with E-state index in [0.717, 1.165) is 4.90 Å². The first-order valence-corrected chi connectivity index (χ1v) is 7.18. The molecule has 2 atom stereocenters. The highest BCUT2D eigenvalue weighted by atomic mass is 16.4. The lowest BCUT2D eigenvalue weighted by atomic mass is 9.94. The summed E-state index contributed by atoms with van der Waals surface area (Å²) in [6.45, 7) is 2.29. The molecule has 1 aromatic carbocycles. The van der Waals surface area contributed by atoms with Crippen LogP contribution in [-0.4, -0.2) is 52.6 Å². The fourth-order valence-electron chi connectivity index (χ4n) is 3.27. The molecule has 2 aliphatic heterocycles. The standard InChI is InChI=1S/C15H17N3O4/c1-2-17-14(22)18(10-6-4-3-5-7-10)13(21)15(17)8-11(12(19)20)16-9-15/h3-7,11,16H,2,8-9H2,1H3,(H,19,20)/t11-,15-/m0/s1. The van der Waals surface area contributed by atoms with E-state index in [9.17, 15) is 14.4 Å². The second-order valence-electron chi connectivity index (χ2n) is 5.51. The first-order valence-electron chi connectivity index (χ1n) is 7.18. The highest BCUT2D eigenvalue weighted by Gasteiger charge is 2.61. The van der Waals surface area contributed by atoms with E-state index >= 15 is 0 Å². The summed E-state index contributed by atoms with van der Waals surface area (Å²) >= 11 is 0. The Hall–Kier alpha value is -2.41. The summed E-state index contributed by atoms with van der Waals surface area (Å²) in [4.78, 5) is 39.4. The van der Waals surface area contributed by atoms with Crippen LogP contribution in [0, 0.1) is 0 Å². The van der Waals surface area contributed by atoms with Crippen molar-refractivity contribution in [1.29, 1.82) is 0 Å². The van der Waals surface area contributed by atoms with Crippen LogP contribution in [0.5, 0.6) is 0 Å². The molecule has 2 N–H and O–H groups in total. The van der Waals surface area contributed by atoms with Gasteiger partial charge in [0.15, 0.2) is 0 Å². The second kappa shape index (κ2) is 5.10. The molecule has 0 aromatic heterocycles. The number of imide groups is 1. The average Bonchev–Trinajstić information content (AvgIpc) is 3.03. The number of likely N-dealkylation sites (N-methyl/N-ethyl adjacent to an activating group) is 1. The van der Waals surface area contributed by atoms with Crippen LogP contribution in [0.3, 0.4) is 0 Å². The predicted molar refractivity (Wildman–Crippen MR) is 78.5 cm³/mol. The Morgan fingerprint density at radius 3 is 2.59 bits per heavy atom. The number of hydrogen-bond donors (Lipinski definition) is 2. The maximum atomic E-state index is 12.9. The van der Waals surface area contributed by atoms with Crippen LogP contribution >= 0.6 is 0 Å². The lowest BCUT2D eigenvalue weighted by Crippen LogP contribution is -2.51. The molecule has 2 aliphatic rings. The van der Waals surface area contributed by atoms with Crippen molar-refractivity contribution in [2.75, 3.05) is 18.0 Å². The lowest BCUT2D eigenvalue weighted by molar-refractivity contribution is -0.139. The summed E-state index contributed by atoms with van der Waals surface area (Å²) in [6, 6.07) is 7.49. The van der Waals surface area contributed by atoms with Gasteiger partial charge in [-0.05, 0) is 19.1 Å². The zero-order valence-corrected chi connectivity index (χ0v) is 12.2. The van der Waals surface area contributed by atoms with Gasteiger partial charge in [0.2, 0.25) is 0 Å². The minimum Gasteiger partial charge on any atom is -0.480 e. The molecule has 7 nitrogen and oxygen atoms in total. The number of rotatable bonds is 3. The number of nitrogens with zero attached hydrogens (tertiary/aromatic N) is 2. The molecule has 0 unspecified atom stereocenters. The maximum absolute atomic E-state index is 12.9. The van der Waals surface area contributed by atoms with Crippen LogP contribution < -0.4 is 10.2 Å². The molecule has 0 bridgehead atoms. The summed E-state index contributed by atoms with van der Waals surface area (Å²) in [7, 11) is 0. The number of hydrogen-bond acceptors (Lipinski definition) is 4. The van der Waals surface area contributed by atoms with E-state index in [1.165, 1.54) is 4.90 Å². The van der Waals surface area contributed by atoms with Crippen LogP contribution in [0.15, 0.2) is 30.3 Å². The Balaban J connectivity index is 2.00. The zero-order chi connectivity index (χ0) is 15.9. The monoisotopic (exact) mass is 303 g/mol. The lowest BCUT2D eigenvalue weighted by Gasteiger charge is -2.29. The number of amides is 3. The average molecular weight is 303 g/mol. The van der Waals surface area contributed by atoms with Crippen LogP contribution in [-0.2, 0) is 9.59 Å². The summed E-state index contributed by atoms with van der Waals surface area (Å²) < 4.78 is 0. The summed E-state index contributed by atoms with van der Waals surface area (Å²) in [6.07, 6.45) is 0.0874. The van der Waals surface area contributed by atoms with Crippen molar-refractivity contribution in [3.05, 3.63) is 30.3 Å². The molecular weight excluding hydrogens is 286 g/mol. The smallest absolute Gasteiger partial charge is 0.332 e. The SMILES string of the molecule is CCN1C(=O)N(c2ccccc2)C(=O)[C@]12CN[C@H](C(=O)O)C2. The molecule has 1 spiro atoms. The Morgan fingerprint density at radius 1 is 1.36 bits per heavy atom. The molecule has 1 aromatic rings. The van der Waals surface area contributed by atoms with E-state index in [1.807, 2.05) is 0 Å². The topological polar surface area (TPSA) is 90.0 Å². The van der Waals surface area contributed by atoms with E-state index < -0.39 is 23.6 Å². The van der Waals surface area contributed by atoms with E-state index in [-0.39, 0.29) is 18.9 Å². The van der Waals surface area contributed by atoms with Crippen molar-refractivity contribution in [1.82, 2.24) is 10.2 Å². The number of carboxylic acids is 1. The number of benzene rings is 1. The molecular formula is C15H17N3O4. The van der Waals surface area contributed by atoms with Gasteiger partial charge in [-0.3, -0.25) is 9.59 Å². The molecule has 0 radical (unpaired) electrons. The highest BCUT2D eigenvalue weighted by Crippen LogP contribution is 2.37. The summed E-state index contributed by atoms with van der Waals surface area (Å²) in [5.74, 6) is -1.37. The van der Waals surface area contributed by atoms with Crippen molar-refractivity contribution >= 4 is 23.6 Å². The fourth-order valence-corrected chi connectivity index (χ4v) is 3.27. The fraction of sp³-hybridized carbons (Fsp3) is 0.400. The number of anilines is 1. The predicted octanol–water partition coefficient (Wildman–Crippen LogP) is 0.660. The van der Waals surface area contributed by atoms with E-state index in [2.05, 4.69) is 5.32 Å². The van der Waals surface area contributed by atoms with Gasteiger partial charge in [-0.1, -0.05) is 18.2 Å². The number of urea groups is 1. The molecule has 3 amide bonds. The van der Waals surface area contributed by atoms with Crippen molar-refractivity contribution in [2.45, 2.75) is 24.9 Å². The van der Waals surface area contributed by atoms with Crippen LogP contribution in [0.25, 0.3) is 0 Å². The number of nitrogens with one attached hydrogen (secondary N) is 1. The molecule has 0 aliphatic carbocycles. The Labute approximate surface area is 127 Å². The summed E-state index contributed by atoms with van der Waals surface area (Å²) in [5, 5.41) is 12.0. The first-order chi connectivity index (χ1) is 10.5. The number of carbonyl (C=O) groups excluding carboxylic acids is 2. The van der Waals surface area contributed by atoms with Crippen LogP contribution in [0.4, 0.5) is 10.5 Å². The molecule has 3 rings (SSSR count). The first kappa shape index (κ1) is 14.5. The summed E-state index contributed by atoms with van der Waals surface area (Å²) in [5.41, 5.74) is -0.600. The Kier molecular flexibility index (Phi) is 3.37. The molecule has 116 valence electrons. The highest BCUT2D eigenvalue weighted by molar-refractivity contribution is 6.23. The van der Waals surface area contributed by atoms with Gasteiger partial charge < -0.3 is 15.3 Å². The van der Waals surface area contributed by atoms with Gasteiger partial charge in [-0.15, -0.1) is 0 Å². The third-order valence-electron chi connectivity index (χ3n) is 4.35. The van der Waals surface area contributed by atoms with Crippen molar-refractivity contribution in [3.8, 4) is 0 Å². The molecule has 7 heteroatoms. The molecule has 0 saturated carbocycles. The van der Waals surface area contributed by atoms with Crippen molar-refractivity contribution in [3.63, 3.8) is 0 Å². The molecule has 22 heavy (non-hydrogen) atoms. The molecule has 2 fully saturated rings. The van der Waals surface area contributed by atoms with Gasteiger partial charge in [-0.25, -0.2) is 9.69 Å². The maximum Gasteiger partial charge on any atom is 0.332 e. The normalized spacial score (nSPS) is 28.0. The third kappa shape index (κ3) is 1.89. The van der Waals surface area contributed by atoms with E-state index in [4.69, 9.17) is 5.11 Å². The van der Waals surface area contributed by atoms with E-state index in [0.29, 0.717) is 12.2 Å².